The molecule has 0 aliphatic carbocycles. The van der Waals surface area contributed by atoms with Gasteiger partial charge in [-0.15, -0.1) is 0 Å². The largest absolute Gasteiger partial charge is 0.484 e. The number of ether oxygens (including phenoxy) is 1. The van der Waals surface area contributed by atoms with Crippen LogP contribution in [0, 0.1) is 6.92 Å². The van der Waals surface area contributed by atoms with E-state index in [1.54, 1.807) is 11.9 Å². The summed E-state index contributed by atoms with van der Waals surface area (Å²) < 4.78 is 5.38. The predicted octanol–water partition coefficient (Wildman–Crippen LogP) is 0.721. The van der Waals surface area contributed by atoms with E-state index in [-0.39, 0.29) is 24.5 Å². The van der Waals surface area contributed by atoms with Crippen molar-refractivity contribution < 1.29 is 14.3 Å². The van der Waals surface area contributed by atoms with Gasteiger partial charge in [-0.1, -0.05) is 17.7 Å². The molecule has 1 N–H and O–H groups in total. The lowest BCUT2D eigenvalue weighted by Gasteiger charge is -2.13. The highest BCUT2D eigenvalue weighted by molar-refractivity contribution is 5.82. The van der Waals surface area contributed by atoms with E-state index in [1.807, 2.05) is 31.2 Å². The van der Waals surface area contributed by atoms with Gasteiger partial charge in [-0.3, -0.25) is 9.59 Å². The molecule has 1 aliphatic rings. The molecule has 2 amide bonds. The minimum absolute atomic E-state index is 0.0303. The Morgan fingerprint density at radius 1 is 1.42 bits per heavy atom. The number of likely N-dealkylation sites (tertiary alicyclic amines) is 1. The number of carbonyl (C=O) groups excluding carboxylic acids is 2. The second-order valence-electron chi connectivity index (χ2n) is 4.84. The fourth-order valence-corrected chi connectivity index (χ4v) is 2.01. The first-order valence-corrected chi connectivity index (χ1v) is 6.27. The standard InChI is InChI=1S/C14H18N2O3/c1-10-3-5-12(6-4-10)19-9-13(17)15-11-7-14(18)16(2)8-11/h3-6,11H,7-9H2,1-2H3,(H,15,17). The Morgan fingerprint density at radius 3 is 2.68 bits per heavy atom. The maximum Gasteiger partial charge on any atom is 0.258 e. The number of likely N-dealkylation sites (N-methyl/N-ethyl adjacent to an activating group) is 1. The van der Waals surface area contributed by atoms with Crippen molar-refractivity contribution in [2.45, 2.75) is 19.4 Å². The van der Waals surface area contributed by atoms with Gasteiger partial charge in [0.05, 0.1) is 6.04 Å². The molecular formula is C14H18N2O3. The summed E-state index contributed by atoms with van der Waals surface area (Å²) in [7, 11) is 1.73. The van der Waals surface area contributed by atoms with Crippen molar-refractivity contribution in [2.75, 3.05) is 20.2 Å². The molecule has 2 rings (SSSR count). The molecule has 0 aromatic heterocycles. The number of hydrogen-bond donors (Lipinski definition) is 1. The first kappa shape index (κ1) is 13.4. The van der Waals surface area contributed by atoms with Gasteiger partial charge in [0.1, 0.15) is 5.75 Å². The van der Waals surface area contributed by atoms with Crippen LogP contribution in [0.5, 0.6) is 5.75 Å². The molecule has 102 valence electrons. The van der Waals surface area contributed by atoms with Crippen molar-refractivity contribution in [2.24, 2.45) is 0 Å². The molecule has 1 aliphatic heterocycles. The van der Waals surface area contributed by atoms with Crippen LogP contribution in [-0.2, 0) is 9.59 Å². The number of amides is 2. The molecule has 0 bridgehead atoms. The third kappa shape index (κ3) is 3.71. The first-order chi connectivity index (χ1) is 9.04. The van der Waals surface area contributed by atoms with E-state index in [1.165, 1.54) is 0 Å². The maximum absolute atomic E-state index is 11.7. The molecule has 1 heterocycles. The number of aryl methyl sites for hydroxylation is 1. The summed E-state index contributed by atoms with van der Waals surface area (Å²) in [6.45, 7) is 2.52. The van der Waals surface area contributed by atoms with Crippen LogP contribution in [0.2, 0.25) is 0 Å². The summed E-state index contributed by atoms with van der Waals surface area (Å²) in [5.41, 5.74) is 1.14. The number of rotatable bonds is 4. The number of nitrogens with zero attached hydrogens (tertiary/aromatic N) is 1. The van der Waals surface area contributed by atoms with Crippen LogP contribution in [-0.4, -0.2) is 43.0 Å². The Hall–Kier alpha value is -2.04. The first-order valence-electron chi connectivity index (χ1n) is 6.27. The van der Waals surface area contributed by atoms with Crippen molar-refractivity contribution in [3.05, 3.63) is 29.8 Å². The second kappa shape index (κ2) is 5.73. The van der Waals surface area contributed by atoms with E-state index in [4.69, 9.17) is 4.74 Å². The highest BCUT2D eigenvalue weighted by Gasteiger charge is 2.27. The summed E-state index contributed by atoms with van der Waals surface area (Å²) in [5.74, 6) is 0.527. The Labute approximate surface area is 112 Å². The van der Waals surface area contributed by atoms with Gasteiger partial charge in [0.15, 0.2) is 6.61 Å². The Bertz CT molecular complexity index is 470. The summed E-state index contributed by atoms with van der Waals surface area (Å²) in [5, 5.41) is 2.79. The topological polar surface area (TPSA) is 58.6 Å². The molecular weight excluding hydrogens is 244 g/mol. The van der Waals surface area contributed by atoms with Crippen LogP contribution in [0.25, 0.3) is 0 Å². The van der Waals surface area contributed by atoms with E-state index in [0.29, 0.717) is 18.7 Å². The third-order valence-electron chi connectivity index (χ3n) is 3.10. The van der Waals surface area contributed by atoms with Crippen molar-refractivity contribution >= 4 is 11.8 Å². The van der Waals surface area contributed by atoms with Crippen molar-refractivity contribution in [1.82, 2.24) is 10.2 Å². The highest BCUT2D eigenvalue weighted by Crippen LogP contribution is 2.11. The van der Waals surface area contributed by atoms with Gasteiger partial charge in [-0.2, -0.15) is 0 Å². The van der Waals surface area contributed by atoms with Gasteiger partial charge in [-0.05, 0) is 19.1 Å². The molecule has 1 aromatic rings. The molecule has 5 nitrogen and oxygen atoms in total. The molecule has 1 atom stereocenters. The van der Waals surface area contributed by atoms with Gasteiger partial charge < -0.3 is 15.0 Å². The van der Waals surface area contributed by atoms with Crippen LogP contribution in [0.1, 0.15) is 12.0 Å². The third-order valence-corrected chi connectivity index (χ3v) is 3.10. The minimum atomic E-state index is -0.200. The Balaban J connectivity index is 1.76. The normalized spacial score (nSPS) is 18.5. The summed E-state index contributed by atoms with van der Waals surface area (Å²) >= 11 is 0. The van der Waals surface area contributed by atoms with Crippen molar-refractivity contribution in [1.29, 1.82) is 0 Å². The zero-order valence-electron chi connectivity index (χ0n) is 11.2. The minimum Gasteiger partial charge on any atom is -0.484 e. The fourth-order valence-electron chi connectivity index (χ4n) is 2.01. The van der Waals surface area contributed by atoms with Crippen LogP contribution < -0.4 is 10.1 Å². The van der Waals surface area contributed by atoms with E-state index in [9.17, 15) is 9.59 Å². The molecule has 0 spiro atoms. The van der Waals surface area contributed by atoms with Gasteiger partial charge >= 0.3 is 0 Å². The van der Waals surface area contributed by atoms with Gasteiger partial charge in [0.25, 0.3) is 5.91 Å². The molecule has 1 unspecified atom stereocenters. The maximum atomic E-state index is 11.7. The monoisotopic (exact) mass is 262 g/mol. The van der Waals surface area contributed by atoms with E-state index >= 15 is 0 Å². The zero-order chi connectivity index (χ0) is 13.8. The zero-order valence-corrected chi connectivity index (χ0v) is 11.2. The van der Waals surface area contributed by atoms with Crippen LogP contribution in [0.15, 0.2) is 24.3 Å². The second-order valence-corrected chi connectivity index (χ2v) is 4.84. The smallest absolute Gasteiger partial charge is 0.258 e. The van der Waals surface area contributed by atoms with Crippen molar-refractivity contribution in [3.8, 4) is 5.75 Å². The van der Waals surface area contributed by atoms with E-state index in [0.717, 1.165) is 5.56 Å². The lowest BCUT2D eigenvalue weighted by atomic mass is 10.2. The number of hydrogen-bond acceptors (Lipinski definition) is 3. The predicted molar refractivity (Wildman–Crippen MR) is 70.9 cm³/mol. The lowest BCUT2D eigenvalue weighted by molar-refractivity contribution is -0.126. The molecule has 0 radical (unpaired) electrons. The van der Waals surface area contributed by atoms with Gasteiger partial charge in [0.2, 0.25) is 5.91 Å². The lowest BCUT2D eigenvalue weighted by Crippen LogP contribution is -2.39. The van der Waals surface area contributed by atoms with E-state index in [2.05, 4.69) is 5.32 Å². The molecule has 1 aromatic carbocycles. The summed E-state index contributed by atoms with van der Waals surface area (Å²) in [6.07, 6.45) is 0.368. The number of nitrogens with one attached hydrogen (secondary N) is 1. The highest BCUT2D eigenvalue weighted by atomic mass is 16.5. The summed E-state index contributed by atoms with van der Waals surface area (Å²) in [6, 6.07) is 7.41. The molecule has 0 saturated carbocycles. The average molecular weight is 262 g/mol. The van der Waals surface area contributed by atoms with Crippen LogP contribution >= 0.6 is 0 Å². The van der Waals surface area contributed by atoms with Crippen LogP contribution in [0.3, 0.4) is 0 Å². The Kier molecular flexibility index (Phi) is 4.04. The fraction of sp³-hybridized carbons (Fsp3) is 0.429. The summed E-state index contributed by atoms with van der Waals surface area (Å²) in [4.78, 5) is 24.6. The van der Waals surface area contributed by atoms with E-state index < -0.39 is 0 Å². The SMILES string of the molecule is Cc1ccc(OCC(=O)NC2CC(=O)N(C)C2)cc1. The number of carbonyl (C=O) groups is 2. The molecule has 1 saturated heterocycles. The molecule has 1 fully saturated rings. The average Bonchev–Trinajstić information content (AvgIpc) is 2.67. The molecule has 19 heavy (non-hydrogen) atoms. The Morgan fingerprint density at radius 2 is 2.11 bits per heavy atom. The van der Waals surface area contributed by atoms with Crippen molar-refractivity contribution in [3.63, 3.8) is 0 Å². The quantitative estimate of drug-likeness (QED) is 0.870. The van der Waals surface area contributed by atoms with Gasteiger partial charge in [-0.25, -0.2) is 0 Å². The molecule has 5 heteroatoms. The van der Waals surface area contributed by atoms with Crippen LogP contribution in [0.4, 0.5) is 0 Å². The number of benzene rings is 1. The van der Waals surface area contributed by atoms with Gasteiger partial charge in [0, 0.05) is 20.0 Å².